The summed E-state index contributed by atoms with van der Waals surface area (Å²) in [7, 11) is -2.63. The maximum Gasteiger partial charge on any atom is 0.264 e. The molecule has 0 spiro atoms. The molecule has 9 heteroatoms. The van der Waals surface area contributed by atoms with Crippen LogP contribution in [0.25, 0.3) is 0 Å². The van der Waals surface area contributed by atoms with Crippen LogP contribution in [0.15, 0.2) is 83.8 Å². The fourth-order valence-electron chi connectivity index (χ4n) is 4.20. The molecule has 202 valence electrons. The Kier molecular flexibility index (Phi) is 9.90. The molecule has 0 aliphatic carbocycles. The average molecular weight is 538 g/mol. The zero-order chi connectivity index (χ0) is 27.7. The smallest absolute Gasteiger partial charge is 0.264 e. The monoisotopic (exact) mass is 537 g/mol. The lowest BCUT2D eigenvalue weighted by Crippen LogP contribution is -2.52. The molecular weight excluding hydrogens is 502 g/mol. The van der Waals surface area contributed by atoms with E-state index in [0.29, 0.717) is 18.7 Å². The van der Waals surface area contributed by atoms with Crippen molar-refractivity contribution in [3.8, 4) is 5.75 Å². The number of carbonyl (C=O) groups is 2. The minimum atomic E-state index is -4.12. The first-order valence-electron chi connectivity index (χ1n) is 12.6. The molecule has 1 unspecified atom stereocenters. The summed E-state index contributed by atoms with van der Waals surface area (Å²) in [6.07, 6.45) is 0.369. The van der Waals surface area contributed by atoms with E-state index in [2.05, 4.69) is 5.32 Å². The van der Waals surface area contributed by atoms with E-state index in [-0.39, 0.29) is 23.0 Å². The Balaban J connectivity index is 2.08. The van der Waals surface area contributed by atoms with Crippen LogP contribution in [0.4, 0.5) is 5.69 Å². The first-order chi connectivity index (χ1) is 18.2. The van der Waals surface area contributed by atoms with Crippen LogP contribution in [-0.2, 0) is 26.2 Å². The van der Waals surface area contributed by atoms with Gasteiger partial charge in [0.1, 0.15) is 18.3 Å². The van der Waals surface area contributed by atoms with Gasteiger partial charge in [0.2, 0.25) is 11.8 Å². The third-order valence-corrected chi connectivity index (χ3v) is 8.08. The molecule has 0 saturated carbocycles. The number of nitrogens with one attached hydrogen (secondary N) is 1. The average Bonchev–Trinajstić information content (AvgIpc) is 2.93. The molecule has 1 N–H and O–H groups in total. The summed E-state index contributed by atoms with van der Waals surface area (Å²) < 4.78 is 34.0. The molecular formula is C29H35N3O5S. The second kappa shape index (κ2) is 13.1. The molecule has 0 aliphatic rings. The molecule has 3 aromatic carbocycles. The quantitative estimate of drug-likeness (QED) is 0.375. The number of nitrogens with zero attached hydrogens (tertiary/aromatic N) is 2. The second-order valence-electron chi connectivity index (χ2n) is 8.79. The highest BCUT2D eigenvalue weighted by atomic mass is 32.2. The zero-order valence-corrected chi connectivity index (χ0v) is 23.1. The molecule has 0 saturated heterocycles. The summed E-state index contributed by atoms with van der Waals surface area (Å²) in [5, 5.41) is 2.81. The number of amides is 2. The van der Waals surface area contributed by atoms with Crippen molar-refractivity contribution >= 4 is 27.5 Å². The van der Waals surface area contributed by atoms with Crippen LogP contribution < -0.4 is 14.4 Å². The van der Waals surface area contributed by atoms with E-state index in [9.17, 15) is 18.0 Å². The van der Waals surface area contributed by atoms with E-state index >= 15 is 0 Å². The highest BCUT2D eigenvalue weighted by Gasteiger charge is 2.33. The van der Waals surface area contributed by atoms with Gasteiger partial charge in [-0.05, 0) is 55.7 Å². The maximum absolute atomic E-state index is 14.0. The van der Waals surface area contributed by atoms with E-state index in [4.69, 9.17) is 4.74 Å². The van der Waals surface area contributed by atoms with Gasteiger partial charge in [-0.1, -0.05) is 55.5 Å². The standard InChI is InChI=1S/C29H35N3O5S/c1-5-27(29(34)30-6-2)31(20-23-14-11-10-13-22(23)3)28(33)21-32(24-15-12-16-25(19-24)37-4)38(35,36)26-17-8-7-9-18-26/h7-19,27H,5-6,20-21H2,1-4H3,(H,30,34). The molecule has 3 rings (SSSR count). The van der Waals surface area contributed by atoms with Crippen molar-refractivity contribution in [1.29, 1.82) is 0 Å². The maximum atomic E-state index is 14.0. The lowest BCUT2D eigenvalue weighted by Gasteiger charge is -2.33. The van der Waals surface area contributed by atoms with E-state index < -0.39 is 28.5 Å². The van der Waals surface area contributed by atoms with Gasteiger partial charge >= 0.3 is 0 Å². The topological polar surface area (TPSA) is 96.0 Å². The number of likely N-dealkylation sites (N-methyl/N-ethyl adjacent to an activating group) is 1. The molecule has 0 bridgehead atoms. The number of methoxy groups -OCH3 is 1. The molecule has 2 amide bonds. The minimum Gasteiger partial charge on any atom is -0.497 e. The van der Waals surface area contributed by atoms with Crippen LogP contribution in [0.1, 0.15) is 31.4 Å². The Bertz CT molecular complexity index is 1350. The number of rotatable bonds is 12. The predicted octanol–water partition coefficient (Wildman–Crippen LogP) is 4.14. The Morgan fingerprint density at radius 1 is 0.947 bits per heavy atom. The summed E-state index contributed by atoms with van der Waals surface area (Å²) >= 11 is 0. The third kappa shape index (κ3) is 6.72. The van der Waals surface area contributed by atoms with Gasteiger partial charge in [-0.15, -0.1) is 0 Å². The van der Waals surface area contributed by atoms with E-state index in [1.807, 2.05) is 45.0 Å². The first kappa shape index (κ1) is 28.7. The van der Waals surface area contributed by atoms with Gasteiger partial charge in [0.05, 0.1) is 17.7 Å². The predicted molar refractivity (Wildman–Crippen MR) is 148 cm³/mol. The summed E-state index contributed by atoms with van der Waals surface area (Å²) in [5.74, 6) is -0.321. The van der Waals surface area contributed by atoms with Crippen molar-refractivity contribution in [3.63, 3.8) is 0 Å². The number of carbonyl (C=O) groups excluding carboxylic acids is 2. The second-order valence-corrected chi connectivity index (χ2v) is 10.7. The normalized spacial score (nSPS) is 11.9. The Morgan fingerprint density at radius 3 is 2.26 bits per heavy atom. The van der Waals surface area contributed by atoms with Crippen LogP contribution >= 0.6 is 0 Å². The van der Waals surface area contributed by atoms with E-state index in [0.717, 1.165) is 15.4 Å². The number of aryl methyl sites for hydroxylation is 1. The summed E-state index contributed by atoms with van der Waals surface area (Å²) in [5.41, 5.74) is 2.13. The highest BCUT2D eigenvalue weighted by molar-refractivity contribution is 7.92. The van der Waals surface area contributed by atoms with Crippen LogP contribution in [0.5, 0.6) is 5.75 Å². The van der Waals surface area contributed by atoms with E-state index in [1.54, 1.807) is 42.5 Å². The minimum absolute atomic E-state index is 0.0526. The molecule has 0 radical (unpaired) electrons. The van der Waals surface area contributed by atoms with Gasteiger partial charge < -0.3 is 15.0 Å². The fraction of sp³-hybridized carbons (Fsp3) is 0.310. The summed E-state index contributed by atoms with van der Waals surface area (Å²) in [6.45, 7) is 5.67. The largest absolute Gasteiger partial charge is 0.497 e. The summed E-state index contributed by atoms with van der Waals surface area (Å²) in [4.78, 5) is 28.5. The molecule has 38 heavy (non-hydrogen) atoms. The molecule has 0 heterocycles. The highest BCUT2D eigenvalue weighted by Crippen LogP contribution is 2.28. The van der Waals surface area contributed by atoms with Gasteiger partial charge in [-0.25, -0.2) is 8.42 Å². The van der Waals surface area contributed by atoms with Crippen LogP contribution in [0.3, 0.4) is 0 Å². The number of anilines is 1. The van der Waals surface area contributed by atoms with Gasteiger partial charge in [0.15, 0.2) is 0 Å². The van der Waals surface area contributed by atoms with Crippen molar-refractivity contribution in [1.82, 2.24) is 10.2 Å². The lowest BCUT2D eigenvalue weighted by molar-refractivity contribution is -0.140. The van der Waals surface area contributed by atoms with Crippen molar-refractivity contribution in [3.05, 3.63) is 90.0 Å². The molecule has 0 aliphatic heterocycles. The number of sulfonamides is 1. The molecule has 1 atom stereocenters. The van der Waals surface area contributed by atoms with Crippen molar-refractivity contribution in [2.24, 2.45) is 0 Å². The van der Waals surface area contributed by atoms with Crippen LogP contribution in [0.2, 0.25) is 0 Å². The van der Waals surface area contributed by atoms with Gasteiger partial charge in [-0.3, -0.25) is 13.9 Å². The lowest BCUT2D eigenvalue weighted by atomic mass is 10.1. The van der Waals surface area contributed by atoms with Crippen molar-refractivity contribution in [2.45, 2.75) is 44.7 Å². The van der Waals surface area contributed by atoms with Crippen LogP contribution in [-0.4, -0.2) is 51.4 Å². The Labute approximate surface area is 225 Å². The zero-order valence-electron chi connectivity index (χ0n) is 22.3. The van der Waals surface area contributed by atoms with Crippen LogP contribution in [0, 0.1) is 6.92 Å². The Morgan fingerprint density at radius 2 is 1.63 bits per heavy atom. The van der Waals surface area contributed by atoms with Gasteiger partial charge in [-0.2, -0.15) is 0 Å². The van der Waals surface area contributed by atoms with Gasteiger partial charge in [0.25, 0.3) is 10.0 Å². The Hall–Kier alpha value is -3.85. The summed E-state index contributed by atoms with van der Waals surface area (Å²) in [6, 6.07) is 21.4. The molecule has 0 aromatic heterocycles. The van der Waals surface area contributed by atoms with Crippen molar-refractivity contribution < 1.29 is 22.7 Å². The number of benzene rings is 3. The SMILES string of the molecule is CCNC(=O)C(CC)N(Cc1ccccc1C)C(=O)CN(c1cccc(OC)c1)S(=O)(=O)c1ccccc1. The van der Waals surface area contributed by atoms with Gasteiger partial charge in [0, 0.05) is 19.2 Å². The fourth-order valence-corrected chi connectivity index (χ4v) is 5.62. The molecule has 8 nitrogen and oxygen atoms in total. The third-order valence-electron chi connectivity index (χ3n) is 6.29. The number of hydrogen-bond donors (Lipinski definition) is 1. The first-order valence-corrected chi connectivity index (χ1v) is 14.0. The van der Waals surface area contributed by atoms with E-state index in [1.165, 1.54) is 24.1 Å². The molecule has 0 fully saturated rings. The molecule has 3 aromatic rings. The van der Waals surface area contributed by atoms with Crippen molar-refractivity contribution in [2.75, 3.05) is 24.5 Å². The number of ether oxygens (including phenoxy) is 1. The number of hydrogen-bond acceptors (Lipinski definition) is 5.